The lowest BCUT2D eigenvalue weighted by Crippen LogP contribution is -2.50. The van der Waals surface area contributed by atoms with Crippen LogP contribution < -0.4 is 0 Å². The molecule has 4 fully saturated rings. The Balaban J connectivity index is 1.37. The SMILES string of the molecule is CC1CCC(C2CC(F)C(C3CC(F)C(C4CC(F)C(F)C(F)C4)C(F)C3)C(F)C2)CC1. The second-order valence-corrected chi connectivity index (χ2v) is 11.4. The van der Waals surface area contributed by atoms with Gasteiger partial charge in [-0.1, -0.05) is 19.8 Å². The minimum atomic E-state index is -2.25. The molecule has 4 aliphatic rings. The van der Waals surface area contributed by atoms with Crippen molar-refractivity contribution in [3.63, 3.8) is 0 Å². The standard InChI is InChI=1S/C25H37F7/c1-12-2-4-13(5-3-12)14-6-17(26)23(18(27)7-14)15-8-19(28)24(20(29)9-15)16-10-21(30)25(32)22(31)11-16/h12-25H,2-11H2,1H3. The van der Waals surface area contributed by atoms with E-state index in [0.29, 0.717) is 11.8 Å². The van der Waals surface area contributed by atoms with Gasteiger partial charge in [-0.2, -0.15) is 0 Å². The van der Waals surface area contributed by atoms with Crippen LogP contribution in [0.15, 0.2) is 0 Å². The average molecular weight is 471 g/mol. The summed E-state index contributed by atoms with van der Waals surface area (Å²) in [5.74, 6) is -2.96. The van der Waals surface area contributed by atoms with E-state index in [-0.39, 0.29) is 31.6 Å². The van der Waals surface area contributed by atoms with Gasteiger partial charge in [0.2, 0.25) is 0 Å². The minimum absolute atomic E-state index is 0.0127. The van der Waals surface area contributed by atoms with Crippen molar-refractivity contribution in [1.29, 1.82) is 0 Å². The molecule has 4 rings (SSSR count). The fourth-order valence-corrected chi connectivity index (χ4v) is 7.54. The summed E-state index contributed by atoms with van der Waals surface area (Å²) in [6, 6.07) is 0. The van der Waals surface area contributed by atoms with E-state index in [9.17, 15) is 13.2 Å². The fourth-order valence-electron chi connectivity index (χ4n) is 7.54. The van der Waals surface area contributed by atoms with Gasteiger partial charge in [-0.05, 0) is 81.0 Å². The number of hydrogen-bond acceptors (Lipinski definition) is 0. The number of rotatable bonds is 3. The summed E-state index contributed by atoms with van der Waals surface area (Å²) in [5.41, 5.74) is 0. The zero-order valence-electron chi connectivity index (χ0n) is 18.8. The molecular weight excluding hydrogens is 433 g/mol. The first-order chi connectivity index (χ1) is 15.2. The highest BCUT2D eigenvalue weighted by molar-refractivity contribution is 5.01. The Morgan fingerprint density at radius 2 is 0.750 bits per heavy atom. The molecule has 0 heterocycles. The van der Waals surface area contributed by atoms with E-state index in [1.807, 2.05) is 0 Å². The molecule has 0 aliphatic heterocycles. The van der Waals surface area contributed by atoms with Gasteiger partial charge in [0.1, 0.15) is 37.0 Å². The van der Waals surface area contributed by atoms with Gasteiger partial charge >= 0.3 is 0 Å². The van der Waals surface area contributed by atoms with Gasteiger partial charge in [0, 0.05) is 11.8 Å². The molecule has 0 nitrogen and oxygen atoms in total. The molecule has 4 saturated carbocycles. The van der Waals surface area contributed by atoms with Crippen LogP contribution in [0.5, 0.6) is 0 Å². The lowest BCUT2D eigenvalue weighted by molar-refractivity contribution is -0.0809. The van der Waals surface area contributed by atoms with Gasteiger partial charge < -0.3 is 0 Å². The van der Waals surface area contributed by atoms with E-state index in [1.54, 1.807) is 0 Å². The first-order valence-electron chi connectivity index (χ1n) is 12.6. The van der Waals surface area contributed by atoms with Crippen LogP contribution in [-0.4, -0.2) is 43.2 Å². The molecule has 0 aromatic rings. The predicted molar refractivity (Wildman–Crippen MR) is 111 cm³/mol. The maximum absolute atomic E-state index is 15.2. The molecule has 0 radical (unpaired) electrons. The molecule has 6 atom stereocenters. The number of halogens is 7. The molecule has 0 aromatic heterocycles. The molecule has 0 bridgehead atoms. The van der Waals surface area contributed by atoms with Crippen LogP contribution in [0, 0.1) is 41.4 Å². The van der Waals surface area contributed by atoms with Gasteiger partial charge in [-0.25, -0.2) is 30.7 Å². The Kier molecular flexibility index (Phi) is 7.71. The zero-order valence-corrected chi connectivity index (χ0v) is 18.8. The second kappa shape index (κ2) is 10.0. The quantitative estimate of drug-likeness (QED) is 0.372. The maximum Gasteiger partial charge on any atom is 0.162 e. The highest BCUT2D eigenvalue weighted by Crippen LogP contribution is 2.51. The first-order valence-corrected chi connectivity index (χ1v) is 12.6. The van der Waals surface area contributed by atoms with E-state index >= 15 is 17.6 Å². The first kappa shape index (κ1) is 24.6. The zero-order chi connectivity index (χ0) is 23.2. The van der Waals surface area contributed by atoms with E-state index in [2.05, 4.69) is 6.92 Å². The summed E-state index contributed by atoms with van der Waals surface area (Å²) in [5, 5.41) is 0. The third-order valence-electron chi connectivity index (χ3n) is 9.34. The summed E-state index contributed by atoms with van der Waals surface area (Å²) < 4.78 is 102. The van der Waals surface area contributed by atoms with E-state index in [0.717, 1.165) is 25.7 Å². The summed E-state index contributed by atoms with van der Waals surface area (Å²) in [4.78, 5) is 0. The predicted octanol–water partition coefficient (Wildman–Crippen LogP) is 7.64. The highest BCUT2D eigenvalue weighted by Gasteiger charge is 2.52. The van der Waals surface area contributed by atoms with Crippen molar-refractivity contribution >= 4 is 0 Å². The second-order valence-electron chi connectivity index (χ2n) is 11.4. The third kappa shape index (κ3) is 4.96. The smallest absolute Gasteiger partial charge is 0.162 e. The van der Waals surface area contributed by atoms with Gasteiger partial charge in [0.15, 0.2) is 6.17 Å². The number of alkyl halides is 7. The van der Waals surface area contributed by atoms with Crippen LogP contribution in [0.2, 0.25) is 0 Å². The molecule has 4 aliphatic carbocycles. The topological polar surface area (TPSA) is 0 Å². The molecule has 0 N–H and O–H groups in total. The molecule has 0 aromatic carbocycles. The maximum atomic E-state index is 15.2. The van der Waals surface area contributed by atoms with Crippen molar-refractivity contribution < 1.29 is 30.7 Å². The van der Waals surface area contributed by atoms with Crippen LogP contribution in [0.1, 0.15) is 71.1 Å². The van der Waals surface area contributed by atoms with Crippen molar-refractivity contribution in [1.82, 2.24) is 0 Å². The minimum Gasteiger partial charge on any atom is -0.247 e. The molecule has 7 heteroatoms. The highest BCUT2D eigenvalue weighted by atomic mass is 19.2. The van der Waals surface area contributed by atoms with Gasteiger partial charge in [0.05, 0.1) is 0 Å². The molecule has 32 heavy (non-hydrogen) atoms. The average Bonchev–Trinajstić information content (AvgIpc) is 2.71. The Hall–Kier alpha value is -0.490. The largest absolute Gasteiger partial charge is 0.247 e. The summed E-state index contributed by atoms with van der Waals surface area (Å²) in [6.07, 6.45) is -9.18. The van der Waals surface area contributed by atoms with Crippen molar-refractivity contribution in [2.75, 3.05) is 0 Å². The van der Waals surface area contributed by atoms with Crippen molar-refractivity contribution in [2.45, 2.75) is 114 Å². The van der Waals surface area contributed by atoms with Crippen LogP contribution in [0.25, 0.3) is 0 Å². The van der Waals surface area contributed by atoms with Crippen LogP contribution >= 0.6 is 0 Å². The van der Waals surface area contributed by atoms with Crippen molar-refractivity contribution in [2.24, 2.45) is 41.4 Å². The normalized spacial score (nSPS) is 55.5. The summed E-state index contributed by atoms with van der Waals surface area (Å²) >= 11 is 0. The lowest BCUT2D eigenvalue weighted by Gasteiger charge is -2.47. The van der Waals surface area contributed by atoms with Gasteiger partial charge in [-0.15, -0.1) is 0 Å². The number of hydrogen-bond donors (Lipinski definition) is 0. The molecule has 0 spiro atoms. The van der Waals surface area contributed by atoms with E-state index < -0.39 is 79.7 Å². The molecule has 0 amide bonds. The van der Waals surface area contributed by atoms with Crippen LogP contribution in [-0.2, 0) is 0 Å². The van der Waals surface area contributed by atoms with E-state index in [4.69, 9.17) is 0 Å². The van der Waals surface area contributed by atoms with Gasteiger partial charge in [-0.3, -0.25) is 0 Å². The Morgan fingerprint density at radius 1 is 0.406 bits per heavy atom. The Morgan fingerprint density at radius 3 is 1.16 bits per heavy atom. The molecule has 0 saturated heterocycles. The monoisotopic (exact) mass is 470 g/mol. The molecule has 186 valence electrons. The fraction of sp³-hybridized carbons (Fsp3) is 1.00. The summed E-state index contributed by atoms with van der Waals surface area (Å²) in [6.45, 7) is 2.20. The molecular formula is C25H37F7. The Bertz CT molecular complexity index is 573. The van der Waals surface area contributed by atoms with E-state index in [1.165, 1.54) is 0 Å². The van der Waals surface area contributed by atoms with Crippen molar-refractivity contribution in [3.8, 4) is 0 Å². The Labute approximate surface area is 187 Å². The van der Waals surface area contributed by atoms with Crippen LogP contribution in [0.4, 0.5) is 30.7 Å². The molecule has 6 unspecified atom stereocenters. The van der Waals surface area contributed by atoms with Crippen LogP contribution in [0.3, 0.4) is 0 Å². The lowest BCUT2D eigenvalue weighted by atomic mass is 9.61. The third-order valence-corrected chi connectivity index (χ3v) is 9.34. The van der Waals surface area contributed by atoms with Crippen molar-refractivity contribution in [3.05, 3.63) is 0 Å². The van der Waals surface area contributed by atoms with Gasteiger partial charge in [0.25, 0.3) is 0 Å². The summed E-state index contributed by atoms with van der Waals surface area (Å²) in [7, 11) is 0.